The first-order valence-electron chi connectivity index (χ1n) is 12.1. The van der Waals surface area contributed by atoms with Gasteiger partial charge >= 0.3 is 5.97 Å². The summed E-state index contributed by atoms with van der Waals surface area (Å²) < 4.78 is 0. The number of rotatable bonds is 7. The van der Waals surface area contributed by atoms with Gasteiger partial charge in [-0.15, -0.1) is 23.5 Å². The van der Waals surface area contributed by atoms with Gasteiger partial charge < -0.3 is 20.3 Å². The average Bonchev–Trinajstić information content (AvgIpc) is 3.42. The molecule has 0 aromatic carbocycles. The number of carbonyl (C=O) groups is 4. The number of carbonyl (C=O) groups excluding carboxylic acids is 3. The maximum absolute atomic E-state index is 12.8. The molecule has 6 rings (SSSR count). The number of pyridine rings is 1. The molecule has 1 saturated carbocycles. The van der Waals surface area contributed by atoms with Gasteiger partial charge in [0.15, 0.2) is 0 Å². The van der Waals surface area contributed by atoms with Crippen molar-refractivity contribution >= 4 is 47.2 Å². The van der Waals surface area contributed by atoms with Crippen molar-refractivity contribution in [2.45, 2.75) is 41.6 Å². The Kier molecular flexibility index (Phi) is 7.84. The third-order valence-electron chi connectivity index (χ3n) is 6.44. The number of aliphatic carboxylic acids is 1. The average molecular weight is 555 g/mol. The highest BCUT2D eigenvalue weighted by molar-refractivity contribution is 8.00. The van der Waals surface area contributed by atoms with Crippen LogP contribution in [0.4, 0.5) is 0 Å². The van der Waals surface area contributed by atoms with Crippen LogP contribution in [0.3, 0.4) is 0 Å². The number of thioether (sulfide) groups is 2. The number of nitrogens with zero attached hydrogens (tertiary/aromatic N) is 4. The number of H-pyrrole nitrogens is 1. The minimum absolute atomic E-state index is 0.0337. The molecule has 198 valence electrons. The Bertz CT molecular complexity index is 1260. The second kappa shape index (κ2) is 11.4. The fraction of sp³-hybridized carbons (Fsp3) is 0.360. The Morgan fingerprint density at radius 2 is 2.00 bits per heavy atom. The van der Waals surface area contributed by atoms with Gasteiger partial charge in [-0.25, -0.2) is 9.78 Å². The van der Waals surface area contributed by atoms with Crippen LogP contribution < -0.4 is 5.32 Å². The molecule has 2 aromatic rings. The summed E-state index contributed by atoms with van der Waals surface area (Å²) in [5.74, 6) is -1.48. The zero-order valence-electron chi connectivity index (χ0n) is 20.3. The molecule has 0 bridgehead atoms. The van der Waals surface area contributed by atoms with Crippen molar-refractivity contribution in [2.24, 2.45) is 0 Å². The maximum atomic E-state index is 12.8. The van der Waals surface area contributed by atoms with E-state index in [4.69, 9.17) is 0 Å². The van der Waals surface area contributed by atoms with E-state index in [1.807, 2.05) is 4.90 Å². The molecule has 4 aliphatic rings. The molecule has 3 aliphatic heterocycles. The quantitative estimate of drug-likeness (QED) is 0.264. The molecule has 38 heavy (non-hydrogen) atoms. The fourth-order valence-corrected chi connectivity index (χ4v) is 6.48. The number of fused-ring (bicyclic) bond motifs is 1. The van der Waals surface area contributed by atoms with Crippen LogP contribution in [-0.4, -0.2) is 89.1 Å². The zero-order valence-corrected chi connectivity index (χ0v) is 21.9. The smallest absolute Gasteiger partial charge is 0.352 e. The van der Waals surface area contributed by atoms with E-state index in [0.29, 0.717) is 35.9 Å². The third-order valence-corrected chi connectivity index (χ3v) is 8.75. The Balaban J connectivity index is 0.000000529. The molecule has 3 N–H and O–H groups in total. The summed E-state index contributed by atoms with van der Waals surface area (Å²) in [6, 6.07) is 3.15. The SMILES string of the molecule is O=C(CSc1ccncc1)N[C@@H]1C(=O)N2C(C(=O)O)=C(C=C3CCN(C4CC4)C3=O)CS[C@H]12.c1c[nH]cn1. The van der Waals surface area contributed by atoms with Crippen LogP contribution in [0, 0.1) is 0 Å². The Morgan fingerprint density at radius 1 is 1.21 bits per heavy atom. The monoisotopic (exact) mass is 554 g/mol. The van der Waals surface area contributed by atoms with Gasteiger partial charge in [-0.2, -0.15) is 0 Å². The normalized spacial score (nSPS) is 23.5. The lowest BCUT2D eigenvalue weighted by atomic mass is 10.0. The number of imidazole rings is 1. The van der Waals surface area contributed by atoms with Crippen LogP contribution in [-0.2, 0) is 19.2 Å². The number of nitrogens with one attached hydrogen (secondary N) is 2. The highest BCUT2D eigenvalue weighted by Crippen LogP contribution is 2.41. The Morgan fingerprint density at radius 3 is 2.63 bits per heavy atom. The van der Waals surface area contributed by atoms with Crippen LogP contribution in [0.15, 0.2) is 71.1 Å². The molecule has 0 spiro atoms. The van der Waals surface area contributed by atoms with Gasteiger partial charge in [0.1, 0.15) is 17.1 Å². The first-order chi connectivity index (χ1) is 18.4. The van der Waals surface area contributed by atoms with Gasteiger partial charge in [-0.05, 0) is 43.0 Å². The highest BCUT2D eigenvalue weighted by atomic mass is 32.2. The van der Waals surface area contributed by atoms with E-state index in [1.54, 1.807) is 49.3 Å². The van der Waals surface area contributed by atoms with E-state index < -0.39 is 23.3 Å². The standard InChI is InChI=1S/C22H22N4O5S2.C3H4N2/c27-16(11-32-15-3-6-23-7-4-15)24-17-20(29)26-18(22(30)31)13(10-33-21(17)26)9-12-5-8-25(19(12)28)14-1-2-14;1-2-5-3-4-1/h3-4,6-7,9,14,17,21H,1-2,5,8,10-11H2,(H,24,27)(H,30,31);1-3H,(H,4,5)/t17-,21-;/m1./s1. The molecule has 0 radical (unpaired) electrons. The van der Waals surface area contributed by atoms with Crippen molar-refractivity contribution < 1.29 is 24.3 Å². The van der Waals surface area contributed by atoms with Crippen molar-refractivity contribution in [1.82, 2.24) is 30.1 Å². The zero-order chi connectivity index (χ0) is 26.6. The van der Waals surface area contributed by atoms with E-state index in [-0.39, 0.29) is 23.3 Å². The maximum Gasteiger partial charge on any atom is 0.352 e. The summed E-state index contributed by atoms with van der Waals surface area (Å²) in [7, 11) is 0. The second-order valence-electron chi connectivity index (χ2n) is 9.02. The Hall–Kier alpha value is -3.58. The number of hydrogen-bond acceptors (Lipinski definition) is 8. The lowest BCUT2D eigenvalue weighted by Gasteiger charge is -2.49. The van der Waals surface area contributed by atoms with Gasteiger partial charge in [0.2, 0.25) is 11.8 Å². The summed E-state index contributed by atoms with van der Waals surface area (Å²) in [6.45, 7) is 0.662. The van der Waals surface area contributed by atoms with Gasteiger partial charge in [0.25, 0.3) is 5.91 Å². The van der Waals surface area contributed by atoms with Crippen LogP contribution >= 0.6 is 23.5 Å². The van der Waals surface area contributed by atoms with Gasteiger partial charge in [-0.1, -0.05) is 0 Å². The molecule has 5 heterocycles. The van der Waals surface area contributed by atoms with Crippen LogP contribution in [0.1, 0.15) is 19.3 Å². The van der Waals surface area contributed by atoms with Crippen LogP contribution in [0.25, 0.3) is 0 Å². The first-order valence-corrected chi connectivity index (χ1v) is 14.1. The summed E-state index contributed by atoms with van der Waals surface area (Å²) in [6.07, 6.45) is 12.7. The molecule has 2 aromatic heterocycles. The van der Waals surface area contributed by atoms with Gasteiger partial charge in [0, 0.05) is 53.6 Å². The van der Waals surface area contributed by atoms with E-state index in [2.05, 4.69) is 20.3 Å². The number of likely N-dealkylation sites (tertiary alicyclic amines) is 1. The number of carboxylic acids is 1. The minimum Gasteiger partial charge on any atom is -0.477 e. The second-order valence-corrected chi connectivity index (χ2v) is 11.2. The van der Waals surface area contributed by atoms with E-state index in [0.717, 1.165) is 17.7 Å². The summed E-state index contributed by atoms with van der Waals surface area (Å²) >= 11 is 2.73. The summed E-state index contributed by atoms with van der Waals surface area (Å²) in [5.41, 5.74) is 0.974. The number of aromatic nitrogens is 3. The van der Waals surface area contributed by atoms with Crippen molar-refractivity contribution in [3.05, 3.63) is 66.2 Å². The van der Waals surface area contributed by atoms with Crippen LogP contribution in [0.5, 0.6) is 0 Å². The molecule has 3 fully saturated rings. The number of β-lactam (4-membered cyclic amide) rings is 1. The predicted octanol–water partition coefficient (Wildman–Crippen LogP) is 1.64. The molecule has 0 unspecified atom stereocenters. The number of allylic oxidation sites excluding steroid dienone is 1. The Labute approximate surface area is 227 Å². The molecule has 13 heteroatoms. The van der Waals surface area contributed by atoms with Crippen molar-refractivity contribution in [2.75, 3.05) is 18.1 Å². The number of aromatic amines is 1. The van der Waals surface area contributed by atoms with E-state index in [9.17, 15) is 24.3 Å². The first kappa shape index (κ1) is 26.0. The van der Waals surface area contributed by atoms with E-state index >= 15 is 0 Å². The molecule has 1 aliphatic carbocycles. The fourth-order valence-electron chi connectivity index (χ4n) is 4.48. The number of carboxylic acid groups (broad SMARTS) is 1. The van der Waals surface area contributed by atoms with Crippen molar-refractivity contribution in [3.63, 3.8) is 0 Å². The molecule has 2 atom stereocenters. The van der Waals surface area contributed by atoms with Gasteiger partial charge in [0.05, 0.1) is 12.1 Å². The lowest BCUT2D eigenvalue weighted by Crippen LogP contribution is -2.70. The molecular weight excluding hydrogens is 528 g/mol. The van der Waals surface area contributed by atoms with Gasteiger partial charge in [-0.3, -0.25) is 24.3 Å². The summed E-state index contributed by atoms with van der Waals surface area (Å²) in [5, 5.41) is 12.1. The topological polar surface area (TPSA) is 149 Å². The number of hydrogen-bond donors (Lipinski definition) is 3. The third kappa shape index (κ3) is 5.63. The molecule has 2 saturated heterocycles. The van der Waals surface area contributed by atoms with Crippen molar-refractivity contribution in [3.8, 4) is 0 Å². The highest BCUT2D eigenvalue weighted by Gasteiger charge is 2.54. The molecule has 3 amide bonds. The largest absolute Gasteiger partial charge is 0.477 e. The van der Waals surface area contributed by atoms with Crippen LogP contribution in [0.2, 0.25) is 0 Å². The predicted molar refractivity (Wildman–Crippen MR) is 141 cm³/mol. The lowest BCUT2D eigenvalue weighted by molar-refractivity contribution is -0.150. The molecular formula is C25H26N6O5S2. The van der Waals surface area contributed by atoms with Crippen molar-refractivity contribution in [1.29, 1.82) is 0 Å². The van der Waals surface area contributed by atoms with E-state index in [1.165, 1.54) is 28.4 Å². The minimum atomic E-state index is -1.21. The summed E-state index contributed by atoms with van der Waals surface area (Å²) in [4.78, 5) is 64.2. The molecule has 11 nitrogen and oxygen atoms in total. The number of amides is 3.